The van der Waals surface area contributed by atoms with Crippen LogP contribution in [0.25, 0.3) is 0 Å². The van der Waals surface area contributed by atoms with E-state index >= 15 is 0 Å². The van der Waals surface area contributed by atoms with Gasteiger partial charge in [-0.25, -0.2) is 0 Å². The van der Waals surface area contributed by atoms with Crippen LogP contribution in [0.3, 0.4) is 0 Å². The number of hydrogen-bond donors (Lipinski definition) is 1. The van der Waals surface area contributed by atoms with Crippen molar-refractivity contribution in [1.29, 1.82) is 0 Å². The molecule has 1 unspecified atom stereocenters. The number of hydrogen-bond acceptors (Lipinski definition) is 2. The minimum absolute atomic E-state index is 0.0716. The quantitative estimate of drug-likeness (QED) is 0.826. The number of rotatable bonds is 2. The normalized spacial score (nSPS) is 14.9. The molecular formula is C16H16INO. The third-order valence-corrected chi connectivity index (χ3v) is 5.10. The van der Waals surface area contributed by atoms with Gasteiger partial charge in [-0.05, 0) is 57.8 Å². The van der Waals surface area contributed by atoms with Crippen molar-refractivity contribution in [3.8, 4) is 5.75 Å². The molecule has 0 amide bonds. The van der Waals surface area contributed by atoms with Crippen LogP contribution in [0, 0.1) is 10.5 Å². The summed E-state index contributed by atoms with van der Waals surface area (Å²) >= 11 is 2.38. The van der Waals surface area contributed by atoms with Gasteiger partial charge in [0.05, 0.1) is 12.6 Å². The van der Waals surface area contributed by atoms with Crippen LogP contribution < -0.4 is 10.5 Å². The first-order valence-electron chi connectivity index (χ1n) is 6.43. The van der Waals surface area contributed by atoms with E-state index in [0.717, 1.165) is 24.3 Å². The van der Waals surface area contributed by atoms with Gasteiger partial charge < -0.3 is 10.5 Å². The van der Waals surface area contributed by atoms with Gasteiger partial charge in [0.1, 0.15) is 5.75 Å². The highest BCUT2D eigenvalue weighted by Crippen LogP contribution is 2.31. The summed E-state index contributed by atoms with van der Waals surface area (Å²) in [6.45, 7) is 2.91. The van der Waals surface area contributed by atoms with Crippen molar-refractivity contribution in [2.75, 3.05) is 6.61 Å². The average Bonchev–Trinajstić information content (AvgIpc) is 2.88. The molecule has 2 nitrogen and oxygen atoms in total. The lowest BCUT2D eigenvalue weighted by Crippen LogP contribution is -2.14. The molecule has 3 heteroatoms. The first kappa shape index (κ1) is 12.9. The number of ether oxygens (including phenoxy) is 1. The molecule has 98 valence electrons. The predicted octanol–water partition coefficient (Wildman–Crippen LogP) is 3.58. The van der Waals surface area contributed by atoms with Crippen LogP contribution in [0.2, 0.25) is 0 Å². The fraction of sp³-hybridized carbons (Fsp3) is 0.250. The lowest BCUT2D eigenvalue weighted by Gasteiger charge is -2.16. The van der Waals surface area contributed by atoms with Crippen LogP contribution in [0.5, 0.6) is 5.75 Å². The van der Waals surface area contributed by atoms with Gasteiger partial charge >= 0.3 is 0 Å². The van der Waals surface area contributed by atoms with Gasteiger partial charge in [0.2, 0.25) is 0 Å². The molecule has 2 aromatic carbocycles. The van der Waals surface area contributed by atoms with Crippen molar-refractivity contribution in [2.24, 2.45) is 5.73 Å². The van der Waals surface area contributed by atoms with E-state index in [1.54, 1.807) is 0 Å². The molecule has 0 aromatic heterocycles. The Morgan fingerprint density at radius 1 is 1.26 bits per heavy atom. The first-order chi connectivity index (χ1) is 9.16. The maximum Gasteiger partial charge on any atom is 0.122 e. The molecule has 3 rings (SSSR count). The largest absolute Gasteiger partial charge is 0.493 e. The average molecular weight is 365 g/mol. The zero-order chi connectivity index (χ0) is 13.4. The molecule has 1 heterocycles. The molecule has 1 atom stereocenters. The summed E-state index contributed by atoms with van der Waals surface area (Å²) in [5, 5.41) is 0. The van der Waals surface area contributed by atoms with Crippen LogP contribution in [0.15, 0.2) is 36.4 Å². The van der Waals surface area contributed by atoms with Crippen molar-refractivity contribution in [1.82, 2.24) is 0 Å². The first-order valence-corrected chi connectivity index (χ1v) is 7.51. The minimum Gasteiger partial charge on any atom is -0.493 e. The van der Waals surface area contributed by atoms with Gasteiger partial charge in [0.15, 0.2) is 0 Å². The summed E-state index contributed by atoms with van der Waals surface area (Å²) in [6, 6.07) is 12.5. The Hall–Kier alpha value is -1.07. The van der Waals surface area contributed by atoms with Crippen molar-refractivity contribution in [3.05, 3.63) is 62.2 Å². The van der Waals surface area contributed by atoms with Crippen molar-refractivity contribution >= 4 is 22.6 Å². The Bertz CT molecular complexity index is 624. The molecule has 2 aromatic rings. The third-order valence-electron chi connectivity index (χ3n) is 3.63. The Kier molecular flexibility index (Phi) is 3.50. The van der Waals surface area contributed by atoms with Crippen LogP contribution in [-0.2, 0) is 6.42 Å². The highest BCUT2D eigenvalue weighted by molar-refractivity contribution is 14.1. The Morgan fingerprint density at radius 3 is 2.95 bits per heavy atom. The summed E-state index contributed by atoms with van der Waals surface area (Å²) in [6.07, 6.45) is 0.987. The topological polar surface area (TPSA) is 35.2 Å². The Labute approximate surface area is 127 Å². The molecular weight excluding hydrogens is 349 g/mol. The van der Waals surface area contributed by atoms with Gasteiger partial charge in [-0.1, -0.05) is 30.3 Å². The van der Waals surface area contributed by atoms with Gasteiger partial charge in [-0.2, -0.15) is 0 Å². The molecule has 0 spiro atoms. The third kappa shape index (κ3) is 2.37. The maximum atomic E-state index is 6.43. The molecule has 0 bridgehead atoms. The van der Waals surface area contributed by atoms with E-state index in [-0.39, 0.29) is 6.04 Å². The van der Waals surface area contributed by atoms with E-state index in [9.17, 15) is 0 Å². The Balaban J connectivity index is 2.00. The predicted molar refractivity (Wildman–Crippen MR) is 85.6 cm³/mol. The monoisotopic (exact) mass is 365 g/mol. The second-order valence-electron chi connectivity index (χ2n) is 4.92. The zero-order valence-electron chi connectivity index (χ0n) is 10.8. The highest BCUT2D eigenvalue weighted by atomic mass is 127. The fourth-order valence-corrected chi connectivity index (χ4v) is 3.18. The molecule has 0 saturated carbocycles. The second-order valence-corrected chi connectivity index (χ2v) is 6.00. The van der Waals surface area contributed by atoms with Gasteiger partial charge in [0.25, 0.3) is 0 Å². The maximum absolute atomic E-state index is 6.43. The summed E-state index contributed by atoms with van der Waals surface area (Å²) in [5.74, 6) is 1.01. The molecule has 0 fully saturated rings. The van der Waals surface area contributed by atoms with Crippen LogP contribution >= 0.6 is 22.6 Å². The highest BCUT2D eigenvalue weighted by Gasteiger charge is 2.17. The Morgan fingerprint density at radius 2 is 2.11 bits per heavy atom. The smallest absolute Gasteiger partial charge is 0.122 e. The molecule has 2 N–H and O–H groups in total. The molecule has 0 aliphatic carbocycles. The molecule has 1 aliphatic heterocycles. The zero-order valence-corrected chi connectivity index (χ0v) is 13.0. The van der Waals surface area contributed by atoms with Crippen molar-refractivity contribution in [2.45, 2.75) is 19.4 Å². The number of aryl methyl sites for hydroxylation is 1. The number of fused-ring (bicyclic) bond motifs is 1. The van der Waals surface area contributed by atoms with Crippen LogP contribution in [-0.4, -0.2) is 6.61 Å². The van der Waals surface area contributed by atoms with E-state index in [0.29, 0.717) is 0 Å². The van der Waals surface area contributed by atoms with Crippen molar-refractivity contribution in [3.63, 3.8) is 0 Å². The minimum atomic E-state index is -0.0716. The molecule has 0 saturated heterocycles. The van der Waals surface area contributed by atoms with Gasteiger partial charge in [-0.3, -0.25) is 0 Å². The summed E-state index contributed by atoms with van der Waals surface area (Å²) in [4.78, 5) is 0. The number of benzene rings is 2. The van der Waals surface area contributed by atoms with E-state index in [1.807, 2.05) is 6.07 Å². The second kappa shape index (κ2) is 5.13. The summed E-state index contributed by atoms with van der Waals surface area (Å²) in [5.41, 5.74) is 11.3. The lowest BCUT2D eigenvalue weighted by molar-refractivity contribution is 0.357. The van der Waals surface area contributed by atoms with Gasteiger partial charge in [0, 0.05) is 9.99 Å². The van der Waals surface area contributed by atoms with Crippen LogP contribution in [0.4, 0.5) is 0 Å². The van der Waals surface area contributed by atoms with Crippen molar-refractivity contribution < 1.29 is 4.74 Å². The number of nitrogens with two attached hydrogens (primary N) is 1. The summed E-state index contributed by atoms with van der Waals surface area (Å²) < 4.78 is 6.79. The van der Waals surface area contributed by atoms with E-state index in [4.69, 9.17) is 10.5 Å². The summed E-state index contributed by atoms with van der Waals surface area (Å²) in [7, 11) is 0. The van der Waals surface area contributed by atoms with E-state index in [1.165, 1.54) is 20.3 Å². The molecule has 19 heavy (non-hydrogen) atoms. The van der Waals surface area contributed by atoms with E-state index in [2.05, 4.69) is 59.8 Å². The standard InChI is InChI=1S/C16H16INO/c1-10-3-2-4-13(15(10)17)16(18)12-5-6-14-11(9-12)7-8-19-14/h2-6,9,16H,7-8,18H2,1H3. The molecule has 0 radical (unpaired) electrons. The SMILES string of the molecule is Cc1cccc(C(N)c2ccc3c(c2)CCO3)c1I. The molecule has 1 aliphatic rings. The lowest BCUT2D eigenvalue weighted by atomic mass is 9.96. The number of halogens is 1. The van der Waals surface area contributed by atoms with Gasteiger partial charge in [-0.15, -0.1) is 0 Å². The van der Waals surface area contributed by atoms with E-state index < -0.39 is 0 Å². The van der Waals surface area contributed by atoms with Crippen LogP contribution in [0.1, 0.15) is 28.3 Å². The fourth-order valence-electron chi connectivity index (χ4n) is 2.49.